The Bertz CT molecular complexity index is 557. The highest BCUT2D eigenvalue weighted by molar-refractivity contribution is 6.17. The molecular formula is C14H14ClFN2. The number of hydrogen-bond acceptors (Lipinski definition) is 2. The highest BCUT2D eigenvalue weighted by atomic mass is 35.5. The number of alkyl halides is 1. The number of aromatic nitrogens is 1. The summed E-state index contributed by atoms with van der Waals surface area (Å²) in [5.74, 6) is 0.961. The number of nitrogens with zero attached hydrogens (tertiary/aromatic N) is 2. The molecule has 1 heterocycles. The average molecular weight is 265 g/mol. The molecule has 0 radical (unpaired) electrons. The molecule has 0 bridgehead atoms. The lowest BCUT2D eigenvalue weighted by Gasteiger charge is -2.19. The van der Waals surface area contributed by atoms with Crippen LogP contribution in [0.2, 0.25) is 0 Å². The van der Waals surface area contributed by atoms with Gasteiger partial charge in [-0.3, -0.25) is 0 Å². The fourth-order valence-corrected chi connectivity index (χ4v) is 2.00. The van der Waals surface area contributed by atoms with Crippen molar-refractivity contribution in [2.75, 3.05) is 11.9 Å². The van der Waals surface area contributed by atoms with Crippen LogP contribution in [0, 0.1) is 12.7 Å². The van der Waals surface area contributed by atoms with Crippen LogP contribution >= 0.6 is 11.6 Å². The first-order valence-corrected chi connectivity index (χ1v) is 6.17. The summed E-state index contributed by atoms with van der Waals surface area (Å²) in [7, 11) is 1.86. The molecule has 0 aliphatic heterocycles. The van der Waals surface area contributed by atoms with Gasteiger partial charge < -0.3 is 4.90 Å². The Hall–Kier alpha value is -1.61. The third kappa shape index (κ3) is 2.62. The standard InChI is InChI=1S/C14H14ClFN2/c1-10-11(9-15)6-7-14(17-10)18(2)13-5-3-4-12(16)8-13/h3-8H,9H2,1-2H3. The number of halogens is 2. The minimum absolute atomic E-state index is 0.256. The van der Waals surface area contributed by atoms with Crippen LogP contribution < -0.4 is 4.90 Å². The third-order valence-electron chi connectivity index (χ3n) is 2.86. The summed E-state index contributed by atoms with van der Waals surface area (Å²) in [6.45, 7) is 1.92. The van der Waals surface area contributed by atoms with E-state index in [4.69, 9.17) is 11.6 Å². The first-order chi connectivity index (χ1) is 8.61. The lowest BCUT2D eigenvalue weighted by Crippen LogP contribution is -2.12. The second-order valence-electron chi connectivity index (χ2n) is 4.09. The zero-order valence-corrected chi connectivity index (χ0v) is 11.1. The van der Waals surface area contributed by atoms with Gasteiger partial charge in [0, 0.05) is 24.3 Å². The molecule has 1 aromatic carbocycles. The quantitative estimate of drug-likeness (QED) is 0.778. The Kier molecular flexibility index (Phi) is 3.82. The highest BCUT2D eigenvalue weighted by Crippen LogP contribution is 2.23. The van der Waals surface area contributed by atoms with Crippen LogP contribution in [0.15, 0.2) is 36.4 Å². The van der Waals surface area contributed by atoms with Crippen LogP contribution in [0.1, 0.15) is 11.3 Å². The van der Waals surface area contributed by atoms with Crippen LogP contribution in [-0.4, -0.2) is 12.0 Å². The molecule has 2 aromatic rings. The molecule has 2 nitrogen and oxygen atoms in total. The Morgan fingerprint density at radius 3 is 2.67 bits per heavy atom. The SMILES string of the molecule is Cc1nc(N(C)c2cccc(F)c2)ccc1CCl. The van der Waals surface area contributed by atoms with E-state index in [1.165, 1.54) is 12.1 Å². The van der Waals surface area contributed by atoms with Crippen LogP contribution in [0.25, 0.3) is 0 Å². The summed E-state index contributed by atoms with van der Waals surface area (Å²) in [6, 6.07) is 10.3. The first kappa shape index (κ1) is 12.8. The monoisotopic (exact) mass is 264 g/mol. The number of pyridine rings is 1. The lowest BCUT2D eigenvalue weighted by molar-refractivity contribution is 0.628. The van der Waals surface area contributed by atoms with Gasteiger partial charge in [-0.05, 0) is 36.8 Å². The molecule has 18 heavy (non-hydrogen) atoms. The molecule has 0 aliphatic rings. The smallest absolute Gasteiger partial charge is 0.132 e. The van der Waals surface area contributed by atoms with Crippen LogP contribution in [0.3, 0.4) is 0 Å². The van der Waals surface area contributed by atoms with Crippen LogP contribution in [0.5, 0.6) is 0 Å². The third-order valence-corrected chi connectivity index (χ3v) is 3.15. The van der Waals surface area contributed by atoms with Gasteiger partial charge in [-0.2, -0.15) is 0 Å². The maximum Gasteiger partial charge on any atom is 0.132 e. The minimum Gasteiger partial charge on any atom is -0.329 e. The Morgan fingerprint density at radius 1 is 1.28 bits per heavy atom. The van der Waals surface area contributed by atoms with Crippen LogP contribution in [-0.2, 0) is 5.88 Å². The summed E-state index contributed by atoms with van der Waals surface area (Å²) < 4.78 is 13.2. The number of hydrogen-bond donors (Lipinski definition) is 0. The fourth-order valence-electron chi connectivity index (χ4n) is 1.72. The number of benzene rings is 1. The predicted molar refractivity (Wildman–Crippen MR) is 73.0 cm³/mol. The van der Waals surface area contributed by atoms with E-state index in [2.05, 4.69) is 4.98 Å². The van der Waals surface area contributed by atoms with Crippen molar-refractivity contribution >= 4 is 23.1 Å². The van der Waals surface area contributed by atoms with Gasteiger partial charge in [0.1, 0.15) is 11.6 Å². The fraction of sp³-hybridized carbons (Fsp3) is 0.214. The van der Waals surface area contributed by atoms with Gasteiger partial charge >= 0.3 is 0 Å². The first-order valence-electron chi connectivity index (χ1n) is 5.63. The number of aryl methyl sites for hydroxylation is 1. The second kappa shape index (κ2) is 5.36. The van der Waals surface area contributed by atoms with Gasteiger partial charge in [-0.1, -0.05) is 12.1 Å². The zero-order valence-electron chi connectivity index (χ0n) is 10.3. The summed E-state index contributed by atoms with van der Waals surface area (Å²) in [5, 5.41) is 0. The van der Waals surface area contributed by atoms with Gasteiger partial charge in [0.15, 0.2) is 0 Å². The Morgan fingerprint density at radius 2 is 2.06 bits per heavy atom. The molecule has 0 saturated carbocycles. The Labute approximate surface area is 111 Å². The van der Waals surface area contributed by atoms with Crippen molar-refractivity contribution in [1.29, 1.82) is 0 Å². The maximum atomic E-state index is 13.2. The lowest BCUT2D eigenvalue weighted by atomic mass is 10.2. The molecule has 0 saturated heterocycles. The number of anilines is 2. The minimum atomic E-state index is -0.256. The average Bonchev–Trinajstić information content (AvgIpc) is 2.37. The summed E-state index contributed by atoms with van der Waals surface area (Å²) in [4.78, 5) is 6.31. The van der Waals surface area contributed by atoms with Crippen molar-refractivity contribution in [2.24, 2.45) is 0 Å². The van der Waals surface area contributed by atoms with E-state index in [9.17, 15) is 4.39 Å². The van der Waals surface area contributed by atoms with Gasteiger partial charge in [0.25, 0.3) is 0 Å². The van der Waals surface area contributed by atoms with E-state index >= 15 is 0 Å². The molecule has 0 fully saturated rings. The Balaban J connectivity index is 2.34. The van der Waals surface area contributed by atoms with Gasteiger partial charge in [0.2, 0.25) is 0 Å². The second-order valence-corrected chi connectivity index (χ2v) is 4.35. The molecule has 1 aromatic heterocycles. The summed E-state index contributed by atoms with van der Waals surface area (Å²) >= 11 is 5.80. The topological polar surface area (TPSA) is 16.1 Å². The molecule has 0 aliphatic carbocycles. The molecule has 2 rings (SSSR count). The van der Waals surface area contributed by atoms with E-state index < -0.39 is 0 Å². The van der Waals surface area contributed by atoms with E-state index in [-0.39, 0.29) is 5.82 Å². The van der Waals surface area contributed by atoms with Crippen LogP contribution in [0.4, 0.5) is 15.9 Å². The maximum absolute atomic E-state index is 13.2. The van der Waals surface area contributed by atoms with Crippen molar-refractivity contribution < 1.29 is 4.39 Å². The molecule has 0 atom stereocenters. The molecule has 0 N–H and O–H groups in total. The van der Waals surface area contributed by atoms with E-state index in [0.717, 1.165) is 22.8 Å². The molecule has 0 spiro atoms. The summed E-state index contributed by atoms with van der Waals surface area (Å²) in [6.07, 6.45) is 0. The number of rotatable bonds is 3. The molecular weight excluding hydrogens is 251 g/mol. The van der Waals surface area contributed by atoms with Gasteiger partial charge in [0.05, 0.1) is 0 Å². The van der Waals surface area contributed by atoms with Crippen molar-refractivity contribution in [1.82, 2.24) is 4.98 Å². The van der Waals surface area contributed by atoms with E-state index in [1.807, 2.05) is 37.1 Å². The zero-order chi connectivity index (χ0) is 13.1. The van der Waals surface area contributed by atoms with E-state index in [0.29, 0.717) is 5.88 Å². The highest BCUT2D eigenvalue weighted by Gasteiger charge is 2.08. The van der Waals surface area contributed by atoms with Gasteiger partial charge in [-0.15, -0.1) is 11.6 Å². The van der Waals surface area contributed by atoms with Crippen molar-refractivity contribution in [2.45, 2.75) is 12.8 Å². The normalized spacial score (nSPS) is 10.4. The van der Waals surface area contributed by atoms with E-state index in [1.54, 1.807) is 6.07 Å². The predicted octanol–water partition coefficient (Wildman–Crippen LogP) is 4.04. The molecule has 0 unspecified atom stereocenters. The molecule has 94 valence electrons. The van der Waals surface area contributed by atoms with Crippen molar-refractivity contribution in [3.05, 3.63) is 53.5 Å². The molecule has 4 heteroatoms. The van der Waals surface area contributed by atoms with Crippen molar-refractivity contribution in [3.63, 3.8) is 0 Å². The largest absolute Gasteiger partial charge is 0.329 e. The van der Waals surface area contributed by atoms with Gasteiger partial charge in [-0.25, -0.2) is 9.37 Å². The summed E-state index contributed by atoms with van der Waals surface area (Å²) in [5.41, 5.74) is 2.67. The van der Waals surface area contributed by atoms with Crippen molar-refractivity contribution in [3.8, 4) is 0 Å². The molecule has 0 amide bonds.